The summed E-state index contributed by atoms with van der Waals surface area (Å²) in [5.41, 5.74) is 0. The van der Waals surface area contributed by atoms with E-state index in [2.05, 4.69) is 5.32 Å². The Morgan fingerprint density at radius 3 is 2.43 bits per heavy atom. The Hall–Kier alpha value is 0.180. The summed E-state index contributed by atoms with van der Waals surface area (Å²) in [5.74, 6) is 0.340. The minimum Gasteiger partial charge on any atom is -0.314 e. The molecule has 44 valence electrons. The molecule has 0 radical (unpaired) electrons. The van der Waals surface area contributed by atoms with Gasteiger partial charge in [-0.3, -0.25) is 0 Å². The molecule has 0 aromatic heterocycles. The third kappa shape index (κ3) is 2.83. The van der Waals surface area contributed by atoms with Crippen LogP contribution in [0.4, 0.5) is 4.39 Å². The summed E-state index contributed by atoms with van der Waals surface area (Å²) in [5, 5.41) is 2.69. The van der Waals surface area contributed by atoms with Gasteiger partial charge in [0.1, 0.15) is 6.67 Å². The van der Waals surface area contributed by atoms with E-state index in [-0.39, 0.29) is 12.7 Å². The zero-order chi connectivity index (χ0) is 5.70. The van der Waals surface area contributed by atoms with E-state index in [1.807, 2.05) is 0 Å². The van der Waals surface area contributed by atoms with E-state index in [1.54, 1.807) is 7.05 Å². The molecule has 3 heteroatoms. The van der Waals surface area contributed by atoms with Crippen LogP contribution in [0.1, 0.15) is 0 Å². The fraction of sp³-hybridized carbons (Fsp3) is 1.00. The molecule has 1 nitrogen and oxygen atoms in total. The van der Waals surface area contributed by atoms with Crippen LogP contribution in [0.15, 0.2) is 0 Å². The Kier molecular flexibility index (Phi) is 4.45. The van der Waals surface area contributed by atoms with Gasteiger partial charge in [0.15, 0.2) is 0 Å². The Labute approximate surface area is 47.9 Å². The number of nitrogens with one attached hydrogen (secondary N) is 1. The van der Waals surface area contributed by atoms with E-state index in [0.717, 1.165) is 0 Å². The minimum absolute atomic E-state index is 0.165. The largest absolute Gasteiger partial charge is 0.314 e. The van der Waals surface area contributed by atoms with Gasteiger partial charge in [0.2, 0.25) is 0 Å². The summed E-state index contributed by atoms with van der Waals surface area (Å²) in [6, 6.07) is -0.165. The molecule has 0 heterocycles. The molecule has 0 aliphatic heterocycles. The van der Waals surface area contributed by atoms with Gasteiger partial charge in [0, 0.05) is 11.9 Å². The molecule has 0 fully saturated rings. The van der Waals surface area contributed by atoms with Crippen molar-refractivity contribution in [3.8, 4) is 0 Å². The van der Waals surface area contributed by atoms with Crippen molar-refractivity contribution in [2.45, 2.75) is 6.04 Å². The standard InChI is InChI=1S/C4H9ClFN/c1-7-4(2-5)3-6/h4,7H,2-3H2,1H3. The number of halogens is 2. The van der Waals surface area contributed by atoms with Crippen molar-refractivity contribution >= 4 is 11.6 Å². The highest BCUT2D eigenvalue weighted by molar-refractivity contribution is 6.18. The van der Waals surface area contributed by atoms with Crippen LogP contribution in [0.3, 0.4) is 0 Å². The Morgan fingerprint density at radius 1 is 1.86 bits per heavy atom. The molecule has 1 N–H and O–H groups in total. The first kappa shape index (κ1) is 7.18. The molecular formula is C4H9ClFN. The third-order valence-corrected chi connectivity index (χ3v) is 1.15. The number of rotatable bonds is 3. The first-order chi connectivity index (χ1) is 3.35. The predicted octanol–water partition coefficient (Wildman–Crippen LogP) is 0.783. The molecule has 7 heavy (non-hydrogen) atoms. The van der Waals surface area contributed by atoms with E-state index < -0.39 is 0 Å². The van der Waals surface area contributed by atoms with Crippen LogP contribution in [0.25, 0.3) is 0 Å². The lowest BCUT2D eigenvalue weighted by molar-refractivity contribution is 0.413. The van der Waals surface area contributed by atoms with Crippen LogP contribution >= 0.6 is 11.6 Å². The van der Waals surface area contributed by atoms with Crippen LogP contribution in [0.2, 0.25) is 0 Å². The topological polar surface area (TPSA) is 12.0 Å². The van der Waals surface area contributed by atoms with E-state index in [0.29, 0.717) is 5.88 Å². The van der Waals surface area contributed by atoms with E-state index in [1.165, 1.54) is 0 Å². The van der Waals surface area contributed by atoms with Gasteiger partial charge in [-0.05, 0) is 7.05 Å². The molecule has 0 aliphatic rings. The van der Waals surface area contributed by atoms with E-state index >= 15 is 0 Å². The summed E-state index contributed by atoms with van der Waals surface area (Å²) in [6.45, 7) is -0.389. The van der Waals surface area contributed by atoms with Crippen molar-refractivity contribution in [3.05, 3.63) is 0 Å². The number of hydrogen-bond acceptors (Lipinski definition) is 1. The highest BCUT2D eigenvalue weighted by Crippen LogP contribution is 1.85. The molecule has 0 aromatic rings. The Balaban J connectivity index is 2.99. The van der Waals surface area contributed by atoms with Gasteiger partial charge in [-0.1, -0.05) is 0 Å². The monoisotopic (exact) mass is 125 g/mol. The van der Waals surface area contributed by atoms with Crippen LogP contribution in [0.5, 0.6) is 0 Å². The zero-order valence-corrected chi connectivity index (χ0v) is 5.00. The van der Waals surface area contributed by atoms with Gasteiger partial charge in [-0.2, -0.15) is 0 Å². The number of hydrogen-bond donors (Lipinski definition) is 1. The summed E-state index contributed by atoms with van der Waals surface area (Å²) in [4.78, 5) is 0. The highest BCUT2D eigenvalue weighted by atomic mass is 35.5. The molecule has 1 atom stereocenters. The minimum atomic E-state index is -0.389. The second-order valence-corrected chi connectivity index (χ2v) is 1.60. The van der Waals surface area contributed by atoms with Crippen molar-refractivity contribution < 1.29 is 4.39 Å². The SMILES string of the molecule is CNC(CF)CCl. The molecule has 0 aromatic carbocycles. The van der Waals surface area contributed by atoms with Gasteiger partial charge in [0.25, 0.3) is 0 Å². The molecule has 0 saturated carbocycles. The number of alkyl halides is 2. The maximum Gasteiger partial charge on any atom is 0.106 e. The molecule has 0 bridgehead atoms. The average molecular weight is 126 g/mol. The second-order valence-electron chi connectivity index (χ2n) is 1.29. The zero-order valence-electron chi connectivity index (χ0n) is 4.25. The lowest BCUT2D eigenvalue weighted by Crippen LogP contribution is -2.28. The lowest BCUT2D eigenvalue weighted by Gasteiger charge is -2.04. The molecule has 1 unspecified atom stereocenters. The smallest absolute Gasteiger partial charge is 0.106 e. The Morgan fingerprint density at radius 2 is 2.43 bits per heavy atom. The van der Waals surface area contributed by atoms with Crippen molar-refractivity contribution in [1.29, 1.82) is 0 Å². The third-order valence-electron chi connectivity index (χ3n) is 0.781. The highest BCUT2D eigenvalue weighted by Gasteiger charge is 1.99. The lowest BCUT2D eigenvalue weighted by atomic mass is 10.4. The molecule has 0 spiro atoms. The summed E-state index contributed by atoms with van der Waals surface area (Å²) >= 11 is 5.27. The maximum atomic E-state index is 11.5. The quantitative estimate of drug-likeness (QED) is 0.550. The Bertz CT molecular complexity index is 33.2. The van der Waals surface area contributed by atoms with Gasteiger partial charge in [0.05, 0.1) is 0 Å². The fourth-order valence-electron chi connectivity index (χ4n) is 0.196. The molecule has 0 saturated heterocycles. The maximum absolute atomic E-state index is 11.5. The molecular weight excluding hydrogens is 117 g/mol. The van der Waals surface area contributed by atoms with Gasteiger partial charge in [-0.25, -0.2) is 4.39 Å². The van der Waals surface area contributed by atoms with Crippen LogP contribution in [-0.4, -0.2) is 25.6 Å². The van der Waals surface area contributed by atoms with E-state index in [9.17, 15) is 4.39 Å². The van der Waals surface area contributed by atoms with Crippen molar-refractivity contribution in [2.75, 3.05) is 19.6 Å². The normalized spacial score (nSPS) is 14.1. The summed E-state index contributed by atoms with van der Waals surface area (Å²) < 4.78 is 11.5. The average Bonchev–Trinajstić information content (AvgIpc) is 1.72. The van der Waals surface area contributed by atoms with Crippen molar-refractivity contribution in [2.24, 2.45) is 0 Å². The summed E-state index contributed by atoms with van der Waals surface area (Å²) in [7, 11) is 1.69. The summed E-state index contributed by atoms with van der Waals surface area (Å²) in [6.07, 6.45) is 0. The second kappa shape index (κ2) is 4.34. The van der Waals surface area contributed by atoms with Crippen LogP contribution < -0.4 is 5.32 Å². The first-order valence-electron chi connectivity index (χ1n) is 2.14. The van der Waals surface area contributed by atoms with Gasteiger partial charge in [-0.15, -0.1) is 11.6 Å². The van der Waals surface area contributed by atoms with Crippen molar-refractivity contribution in [3.63, 3.8) is 0 Å². The fourth-order valence-corrected chi connectivity index (χ4v) is 0.432. The molecule has 0 rings (SSSR count). The van der Waals surface area contributed by atoms with Crippen LogP contribution in [0, 0.1) is 0 Å². The first-order valence-corrected chi connectivity index (χ1v) is 2.67. The van der Waals surface area contributed by atoms with Gasteiger partial charge < -0.3 is 5.32 Å². The van der Waals surface area contributed by atoms with E-state index in [4.69, 9.17) is 11.6 Å². The molecule has 0 aliphatic carbocycles. The molecule has 0 amide bonds. The van der Waals surface area contributed by atoms with Gasteiger partial charge >= 0.3 is 0 Å². The van der Waals surface area contributed by atoms with Crippen molar-refractivity contribution in [1.82, 2.24) is 5.32 Å². The van der Waals surface area contributed by atoms with Crippen LogP contribution in [-0.2, 0) is 0 Å². The predicted molar refractivity (Wildman–Crippen MR) is 29.5 cm³/mol.